The van der Waals surface area contributed by atoms with Crippen molar-refractivity contribution in [1.29, 1.82) is 0 Å². The van der Waals surface area contributed by atoms with Crippen LogP contribution in [-0.4, -0.2) is 74.8 Å². The molecule has 2 aliphatic rings. The Balaban J connectivity index is 1.56. The van der Waals surface area contributed by atoms with Crippen molar-refractivity contribution in [1.82, 2.24) is 30.0 Å². The fraction of sp³-hybridized carbons (Fsp3) is 0.867. The van der Waals surface area contributed by atoms with E-state index in [-0.39, 0.29) is 18.6 Å². The minimum Gasteiger partial charge on any atom is -0.376 e. The van der Waals surface area contributed by atoms with Crippen molar-refractivity contribution in [2.24, 2.45) is 0 Å². The molecule has 2 aliphatic heterocycles. The van der Waals surface area contributed by atoms with E-state index in [9.17, 15) is 4.79 Å². The summed E-state index contributed by atoms with van der Waals surface area (Å²) in [5.41, 5.74) is 0. The molecule has 0 aromatic carbocycles. The molecule has 1 aromatic heterocycles. The summed E-state index contributed by atoms with van der Waals surface area (Å²) in [4.78, 5) is 16.7. The van der Waals surface area contributed by atoms with Gasteiger partial charge >= 0.3 is 0 Å². The van der Waals surface area contributed by atoms with Gasteiger partial charge in [-0.15, -0.1) is 5.10 Å². The van der Waals surface area contributed by atoms with Gasteiger partial charge in [-0.05, 0) is 56.1 Å². The van der Waals surface area contributed by atoms with Gasteiger partial charge in [-0.25, -0.2) is 4.68 Å². The highest BCUT2D eigenvalue weighted by Crippen LogP contribution is 2.14. The largest absolute Gasteiger partial charge is 0.376 e. The van der Waals surface area contributed by atoms with E-state index >= 15 is 0 Å². The Morgan fingerprint density at radius 3 is 2.87 bits per heavy atom. The predicted octanol–water partition coefficient (Wildman–Crippen LogP) is 0.296. The van der Waals surface area contributed by atoms with E-state index < -0.39 is 0 Å². The molecular formula is C15H26N6O2. The molecule has 0 N–H and O–H groups in total. The van der Waals surface area contributed by atoms with Gasteiger partial charge in [0.05, 0.1) is 12.6 Å². The van der Waals surface area contributed by atoms with Crippen molar-refractivity contribution in [2.75, 3.05) is 32.8 Å². The van der Waals surface area contributed by atoms with Crippen molar-refractivity contribution in [3.05, 3.63) is 5.82 Å². The van der Waals surface area contributed by atoms with E-state index in [1.54, 1.807) is 4.68 Å². The summed E-state index contributed by atoms with van der Waals surface area (Å²) in [6.45, 7) is 7.25. The van der Waals surface area contributed by atoms with Gasteiger partial charge in [0.1, 0.15) is 6.54 Å². The van der Waals surface area contributed by atoms with Crippen LogP contribution < -0.4 is 0 Å². The van der Waals surface area contributed by atoms with Crippen LogP contribution in [0.25, 0.3) is 0 Å². The van der Waals surface area contributed by atoms with Gasteiger partial charge in [0.2, 0.25) is 5.91 Å². The summed E-state index contributed by atoms with van der Waals surface area (Å²) in [5.74, 6) is 0.825. The fourth-order valence-corrected chi connectivity index (χ4v) is 3.27. The van der Waals surface area contributed by atoms with E-state index in [1.165, 1.54) is 12.8 Å². The molecule has 3 heterocycles. The number of hydrogen-bond donors (Lipinski definition) is 0. The van der Waals surface area contributed by atoms with E-state index in [0.717, 1.165) is 44.9 Å². The zero-order valence-corrected chi connectivity index (χ0v) is 13.9. The zero-order chi connectivity index (χ0) is 16.1. The molecule has 1 amide bonds. The lowest BCUT2D eigenvalue weighted by Crippen LogP contribution is -2.39. The number of likely N-dealkylation sites (tertiary alicyclic amines) is 1. The van der Waals surface area contributed by atoms with Crippen molar-refractivity contribution in [2.45, 2.75) is 51.8 Å². The number of amides is 1. The van der Waals surface area contributed by atoms with Crippen LogP contribution in [0.15, 0.2) is 0 Å². The average Bonchev–Trinajstić information content (AvgIpc) is 3.29. The average molecular weight is 322 g/mol. The molecule has 1 unspecified atom stereocenters. The highest BCUT2D eigenvalue weighted by atomic mass is 16.5. The van der Waals surface area contributed by atoms with Gasteiger partial charge in [-0.3, -0.25) is 9.69 Å². The van der Waals surface area contributed by atoms with E-state index in [0.29, 0.717) is 13.1 Å². The second kappa shape index (κ2) is 7.83. The number of ether oxygens (including phenoxy) is 1. The summed E-state index contributed by atoms with van der Waals surface area (Å²) in [6.07, 6.45) is 4.76. The van der Waals surface area contributed by atoms with Gasteiger partial charge in [-0.2, -0.15) is 0 Å². The molecule has 128 valence electrons. The maximum absolute atomic E-state index is 12.6. The van der Waals surface area contributed by atoms with Crippen LogP contribution in [-0.2, 0) is 22.6 Å². The molecular weight excluding hydrogens is 296 g/mol. The van der Waals surface area contributed by atoms with Gasteiger partial charge in [0.25, 0.3) is 0 Å². The molecule has 2 fully saturated rings. The van der Waals surface area contributed by atoms with Crippen molar-refractivity contribution < 1.29 is 9.53 Å². The third kappa shape index (κ3) is 4.26. The number of carbonyl (C=O) groups excluding carboxylic acids is 1. The molecule has 23 heavy (non-hydrogen) atoms. The second-order valence-corrected chi connectivity index (χ2v) is 6.30. The maximum atomic E-state index is 12.6. The molecule has 0 bridgehead atoms. The van der Waals surface area contributed by atoms with Crippen LogP contribution in [0.2, 0.25) is 0 Å². The first-order chi connectivity index (χ1) is 11.3. The van der Waals surface area contributed by atoms with Gasteiger partial charge in [0.15, 0.2) is 5.82 Å². The SMILES string of the molecule is CCN(CC1CCCO1)C(=O)Cn1nnnc1CN1CCCC1. The lowest BCUT2D eigenvalue weighted by atomic mass is 10.2. The van der Waals surface area contributed by atoms with Crippen molar-refractivity contribution in [3.63, 3.8) is 0 Å². The monoisotopic (exact) mass is 322 g/mol. The minimum atomic E-state index is 0.0537. The highest BCUT2D eigenvalue weighted by Gasteiger charge is 2.23. The highest BCUT2D eigenvalue weighted by molar-refractivity contribution is 5.75. The fourth-order valence-electron chi connectivity index (χ4n) is 3.27. The third-order valence-corrected chi connectivity index (χ3v) is 4.64. The zero-order valence-electron chi connectivity index (χ0n) is 13.9. The quantitative estimate of drug-likeness (QED) is 0.718. The Morgan fingerprint density at radius 2 is 2.17 bits per heavy atom. The summed E-state index contributed by atoms with van der Waals surface area (Å²) in [7, 11) is 0. The molecule has 2 saturated heterocycles. The topological polar surface area (TPSA) is 76.4 Å². The Hall–Kier alpha value is -1.54. The number of rotatable bonds is 7. The number of aromatic nitrogens is 4. The van der Waals surface area contributed by atoms with Crippen LogP contribution >= 0.6 is 0 Å². The van der Waals surface area contributed by atoms with Crippen molar-refractivity contribution in [3.8, 4) is 0 Å². The molecule has 0 saturated carbocycles. The Labute approximate surface area is 136 Å². The maximum Gasteiger partial charge on any atom is 0.244 e. The van der Waals surface area contributed by atoms with E-state index in [4.69, 9.17) is 4.74 Å². The summed E-state index contributed by atoms with van der Waals surface area (Å²) in [6, 6.07) is 0. The lowest BCUT2D eigenvalue weighted by Gasteiger charge is -2.24. The Kier molecular flexibility index (Phi) is 5.56. The number of carbonyl (C=O) groups is 1. The third-order valence-electron chi connectivity index (χ3n) is 4.64. The molecule has 3 rings (SSSR count). The minimum absolute atomic E-state index is 0.0537. The molecule has 8 nitrogen and oxygen atoms in total. The number of nitrogens with zero attached hydrogens (tertiary/aromatic N) is 6. The number of tetrazole rings is 1. The van der Waals surface area contributed by atoms with Crippen LogP contribution in [0.3, 0.4) is 0 Å². The summed E-state index contributed by atoms with van der Waals surface area (Å²) >= 11 is 0. The van der Waals surface area contributed by atoms with Gasteiger partial charge in [0, 0.05) is 19.7 Å². The molecule has 0 aliphatic carbocycles. The number of hydrogen-bond acceptors (Lipinski definition) is 6. The van der Waals surface area contributed by atoms with Crippen LogP contribution in [0.1, 0.15) is 38.4 Å². The molecule has 1 aromatic rings. The first-order valence-electron chi connectivity index (χ1n) is 8.63. The molecule has 0 spiro atoms. The normalized spacial score (nSPS) is 21.9. The second-order valence-electron chi connectivity index (χ2n) is 6.30. The predicted molar refractivity (Wildman–Crippen MR) is 83.6 cm³/mol. The lowest BCUT2D eigenvalue weighted by molar-refractivity contribution is -0.133. The Morgan fingerprint density at radius 1 is 1.35 bits per heavy atom. The standard InChI is InChI=1S/C15H26N6O2/c1-2-20(10-13-6-5-9-23-13)15(22)12-21-14(16-17-18-21)11-19-7-3-4-8-19/h13H,2-12H2,1H3. The van der Waals surface area contributed by atoms with Crippen LogP contribution in [0, 0.1) is 0 Å². The molecule has 8 heteroatoms. The van der Waals surface area contributed by atoms with Gasteiger partial charge in [-0.1, -0.05) is 0 Å². The van der Waals surface area contributed by atoms with Crippen LogP contribution in [0.4, 0.5) is 0 Å². The summed E-state index contributed by atoms with van der Waals surface area (Å²) < 4.78 is 7.27. The number of likely N-dealkylation sites (N-methyl/N-ethyl adjacent to an activating group) is 1. The van der Waals surface area contributed by atoms with E-state index in [1.807, 2.05) is 11.8 Å². The molecule has 0 radical (unpaired) electrons. The van der Waals surface area contributed by atoms with Gasteiger partial charge < -0.3 is 9.64 Å². The smallest absolute Gasteiger partial charge is 0.244 e. The van der Waals surface area contributed by atoms with Crippen molar-refractivity contribution >= 4 is 5.91 Å². The van der Waals surface area contributed by atoms with Crippen LogP contribution in [0.5, 0.6) is 0 Å². The molecule has 1 atom stereocenters. The first kappa shape index (κ1) is 16.3. The van der Waals surface area contributed by atoms with E-state index in [2.05, 4.69) is 20.4 Å². The first-order valence-corrected chi connectivity index (χ1v) is 8.63. The summed E-state index contributed by atoms with van der Waals surface area (Å²) in [5, 5.41) is 11.8. The Bertz CT molecular complexity index is 508.